The number of rotatable bonds is 2. The van der Waals surface area contributed by atoms with Crippen molar-refractivity contribution < 1.29 is 4.79 Å². The first-order chi connectivity index (χ1) is 7.99. The van der Waals surface area contributed by atoms with Crippen molar-refractivity contribution in [2.45, 2.75) is 13.8 Å². The van der Waals surface area contributed by atoms with Crippen molar-refractivity contribution in [2.24, 2.45) is 0 Å². The van der Waals surface area contributed by atoms with Crippen LogP contribution in [0.2, 0.25) is 0 Å². The number of ketones is 1. The van der Waals surface area contributed by atoms with Gasteiger partial charge < -0.3 is 5.73 Å². The molecule has 0 amide bonds. The van der Waals surface area contributed by atoms with Crippen LogP contribution in [0, 0.1) is 13.8 Å². The minimum atomic E-state index is 0.0357. The van der Waals surface area contributed by atoms with Gasteiger partial charge >= 0.3 is 0 Å². The van der Waals surface area contributed by atoms with Gasteiger partial charge in [-0.1, -0.05) is 15.9 Å². The number of thiophene rings is 1. The smallest absolute Gasteiger partial charge is 0.203 e. The zero-order valence-corrected chi connectivity index (χ0v) is 12.0. The Hall–Kier alpha value is -1.13. The van der Waals surface area contributed by atoms with E-state index in [1.54, 1.807) is 0 Å². The third kappa shape index (κ3) is 2.42. The highest BCUT2D eigenvalue weighted by molar-refractivity contribution is 9.10. The van der Waals surface area contributed by atoms with Crippen molar-refractivity contribution in [1.29, 1.82) is 0 Å². The topological polar surface area (TPSA) is 43.1 Å². The van der Waals surface area contributed by atoms with Crippen LogP contribution in [0.5, 0.6) is 0 Å². The van der Waals surface area contributed by atoms with Crippen molar-refractivity contribution in [3.05, 3.63) is 49.6 Å². The number of nitrogen functional groups attached to an aromatic ring is 1. The third-order valence-corrected chi connectivity index (χ3v) is 4.08. The second-order valence-electron chi connectivity index (χ2n) is 3.91. The normalized spacial score (nSPS) is 10.5. The number of anilines is 1. The molecule has 0 spiro atoms. The van der Waals surface area contributed by atoms with E-state index in [1.165, 1.54) is 11.3 Å². The quantitative estimate of drug-likeness (QED) is 0.674. The molecule has 0 aliphatic carbocycles. The maximum absolute atomic E-state index is 12.3. The molecule has 0 aliphatic heterocycles. The van der Waals surface area contributed by atoms with Gasteiger partial charge in [0, 0.05) is 20.6 Å². The number of benzene rings is 1. The molecule has 0 bridgehead atoms. The fraction of sp³-hybridized carbons (Fsp3) is 0.154. The SMILES string of the molecule is Cc1ccc(C(=O)c2cc(Br)cc(N)c2C)s1. The zero-order chi connectivity index (χ0) is 12.6. The highest BCUT2D eigenvalue weighted by atomic mass is 79.9. The molecule has 88 valence electrons. The summed E-state index contributed by atoms with van der Waals surface area (Å²) in [5.41, 5.74) is 8.00. The first-order valence-corrected chi connectivity index (χ1v) is 6.76. The van der Waals surface area contributed by atoms with Crippen molar-refractivity contribution in [3.63, 3.8) is 0 Å². The van der Waals surface area contributed by atoms with Gasteiger partial charge in [-0.05, 0) is 43.7 Å². The summed E-state index contributed by atoms with van der Waals surface area (Å²) in [5.74, 6) is 0.0357. The molecule has 4 heteroatoms. The van der Waals surface area contributed by atoms with E-state index in [9.17, 15) is 4.79 Å². The van der Waals surface area contributed by atoms with Gasteiger partial charge in [-0.2, -0.15) is 0 Å². The lowest BCUT2D eigenvalue weighted by molar-refractivity contribution is 0.104. The Morgan fingerprint density at radius 3 is 2.59 bits per heavy atom. The van der Waals surface area contributed by atoms with Crippen molar-refractivity contribution >= 4 is 38.7 Å². The molecule has 2 N–H and O–H groups in total. The molecule has 0 unspecified atom stereocenters. The standard InChI is InChI=1S/C13H12BrNOS/c1-7-3-4-12(17-7)13(16)10-5-9(14)6-11(15)8(10)2/h3-6H,15H2,1-2H3. The molecule has 1 aromatic heterocycles. The largest absolute Gasteiger partial charge is 0.398 e. The van der Waals surface area contributed by atoms with Crippen LogP contribution in [-0.4, -0.2) is 5.78 Å². The second kappa shape index (κ2) is 4.63. The van der Waals surface area contributed by atoms with E-state index in [-0.39, 0.29) is 5.78 Å². The fourth-order valence-corrected chi connectivity index (χ4v) is 2.92. The Labute approximate surface area is 113 Å². The van der Waals surface area contributed by atoms with Crippen molar-refractivity contribution in [1.82, 2.24) is 0 Å². The average molecular weight is 310 g/mol. The lowest BCUT2D eigenvalue weighted by Gasteiger charge is -2.07. The van der Waals surface area contributed by atoms with Crippen LogP contribution < -0.4 is 5.73 Å². The number of hydrogen-bond donors (Lipinski definition) is 1. The molecule has 0 atom stereocenters. The first kappa shape index (κ1) is 12.3. The number of halogens is 1. The van der Waals surface area contributed by atoms with Gasteiger partial charge in [-0.25, -0.2) is 0 Å². The number of aryl methyl sites for hydroxylation is 1. The summed E-state index contributed by atoms with van der Waals surface area (Å²) in [5, 5.41) is 0. The molecule has 0 fully saturated rings. The van der Waals surface area contributed by atoms with Crippen LogP contribution in [0.4, 0.5) is 5.69 Å². The van der Waals surface area contributed by atoms with Crippen LogP contribution in [-0.2, 0) is 0 Å². The summed E-state index contributed by atoms with van der Waals surface area (Å²) in [4.78, 5) is 14.2. The molecule has 0 aliphatic rings. The predicted octanol–water partition coefficient (Wildman–Crippen LogP) is 3.94. The number of carbonyl (C=O) groups is 1. The van der Waals surface area contributed by atoms with E-state index in [0.29, 0.717) is 11.3 Å². The Morgan fingerprint density at radius 2 is 2.00 bits per heavy atom. The first-order valence-electron chi connectivity index (χ1n) is 5.16. The van der Waals surface area contributed by atoms with E-state index < -0.39 is 0 Å². The molecule has 2 rings (SSSR count). The molecule has 1 heterocycles. The summed E-state index contributed by atoms with van der Waals surface area (Å²) < 4.78 is 0.831. The second-order valence-corrected chi connectivity index (χ2v) is 6.11. The van der Waals surface area contributed by atoms with E-state index in [1.807, 2.05) is 38.1 Å². The molecule has 1 aromatic carbocycles. The van der Waals surface area contributed by atoms with Crippen LogP contribution in [0.25, 0.3) is 0 Å². The lowest BCUT2D eigenvalue weighted by atomic mass is 10.0. The summed E-state index contributed by atoms with van der Waals surface area (Å²) in [6, 6.07) is 7.45. The van der Waals surface area contributed by atoms with Gasteiger partial charge in [0.1, 0.15) is 0 Å². The number of carbonyl (C=O) groups excluding carboxylic acids is 1. The summed E-state index contributed by atoms with van der Waals surface area (Å²) in [7, 11) is 0. The Kier molecular flexibility index (Phi) is 3.35. The fourth-order valence-electron chi connectivity index (χ4n) is 1.63. The van der Waals surface area contributed by atoms with E-state index in [2.05, 4.69) is 15.9 Å². The lowest BCUT2D eigenvalue weighted by Crippen LogP contribution is -2.04. The van der Waals surface area contributed by atoms with E-state index in [0.717, 1.165) is 19.8 Å². The van der Waals surface area contributed by atoms with E-state index >= 15 is 0 Å². The summed E-state index contributed by atoms with van der Waals surface area (Å²) >= 11 is 4.87. The van der Waals surface area contributed by atoms with Gasteiger partial charge in [0.05, 0.1) is 4.88 Å². The molecule has 2 nitrogen and oxygen atoms in total. The number of hydrogen-bond acceptors (Lipinski definition) is 3. The maximum Gasteiger partial charge on any atom is 0.203 e. The minimum absolute atomic E-state index is 0.0357. The summed E-state index contributed by atoms with van der Waals surface area (Å²) in [6.45, 7) is 3.86. The molecule has 0 saturated carbocycles. The number of nitrogens with two attached hydrogens (primary N) is 1. The molecule has 2 aromatic rings. The molecule has 0 radical (unpaired) electrons. The van der Waals surface area contributed by atoms with Crippen LogP contribution in [0.15, 0.2) is 28.7 Å². The van der Waals surface area contributed by atoms with Gasteiger partial charge in [-0.3, -0.25) is 4.79 Å². The Balaban J connectivity index is 2.51. The highest BCUT2D eigenvalue weighted by Gasteiger charge is 2.15. The Bertz CT molecular complexity index is 589. The molecule has 0 saturated heterocycles. The minimum Gasteiger partial charge on any atom is -0.398 e. The third-order valence-electron chi connectivity index (χ3n) is 2.62. The van der Waals surface area contributed by atoms with Crippen LogP contribution in [0.3, 0.4) is 0 Å². The van der Waals surface area contributed by atoms with Gasteiger partial charge in [0.25, 0.3) is 0 Å². The van der Waals surface area contributed by atoms with Crippen molar-refractivity contribution in [2.75, 3.05) is 5.73 Å². The highest BCUT2D eigenvalue weighted by Crippen LogP contribution is 2.27. The van der Waals surface area contributed by atoms with Gasteiger partial charge in [0.15, 0.2) is 0 Å². The van der Waals surface area contributed by atoms with E-state index in [4.69, 9.17) is 5.73 Å². The van der Waals surface area contributed by atoms with Crippen LogP contribution in [0.1, 0.15) is 25.7 Å². The molecule has 17 heavy (non-hydrogen) atoms. The zero-order valence-electron chi connectivity index (χ0n) is 9.58. The maximum atomic E-state index is 12.3. The average Bonchev–Trinajstić information content (AvgIpc) is 2.69. The Morgan fingerprint density at radius 1 is 1.29 bits per heavy atom. The molecular formula is C13H12BrNOS. The van der Waals surface area contributed by atoms with Gasteiger partial charge in [0.2, 0.25) is 5.78 Å². The van der Waals surface area contributed by atoms with Gasteiger partial charge in [-0.15, -0.1) is 11.3 Å². The molecular weight excluding hydrogens is 298 g/mol. The van der Waals surface area contributed by atoms with Crippen LogP contribution >= 0.6 is 27.3 Å². The monoisotopic (exact) mass is 309 g/mol. The van der Waals surface area contributed by atoms with Crippen molar-refractivity contribution in [3.8, 4) is 0 Å². The predicted molar refractivity (Wildman–Crippen MR) is 75.8 cm³/mol. The summed E-state index contributed by atoms with van der Waals surface area (Å²) in [6.07, 6.45) is 0.